The van der Waals surface area contributed by atoms with Crippen molar-refractivity contribution in [2.24, 2.45) is 0 Å². The topological polar surface area (TPSA) is 64.1 Å². The van der Waals surface area contributed by atoms with Crippen LogP contribution in [-0.4, -0.2) is 71.9 Å². The fourth-order valence-corrected chi connectivity index (χ4v) is 3.19. The molecule has 3 rings (SSSR count). The van der Waals surface area contributed by atoms with Crippen molar-refractivity contribution < 1.29 is 9.84 Å². The van der Waals surface area contributed by atoms with Gasteiger partial charge in [0, 0.05) is 57.2 Å². The normalized spacial score (nSPS) is 15.9. The van der Waals surface area contributed by atoms with Gasteiger partial charge in [-0.1, -0.05) is 6.07 Å². The summed E-state index contributed by atoms with van der Waals surface area (Å²) in [6.45, 7) is 6.76. The number of fused-ring (bicyclic) bond motifs is 1. The van der Waals surface area contributed by atoms with E-state index < -0.39 is 0 Å². The zero-order valence-electron chi connectivity index (χ0n) is 13.9. The van der Waals surface area contributed by atoms with Crippen LogP contribution < -0.4 is 0 Å². The van der Waals surface area contributed by atoms with Crippen LogP contribution in [-0.2, 0) is 11.3 Å². The van der Waals surface area contributed by atoms with Gasteiger partial charge in [-0.25, -0.2) is 0 Å². The average molecular weight is 328 g/mol. The van der Waals surface area contributed by atoms with Gasteiger partial charge in [0.15, 0.2) is 0 Å². The van der Waals surface area contributed by atoms with Crippen LogP contribution in [0, 0.1) is 11.3 Å². The summed E-state index contributed by atoms with van der Waals surface area (Å²) in [5.41, 5.74) is 2.68. The number of aliphatic hydroxyl groups excluding tert-OH is 1. The summed E-state index contributed by atoms with van der Waals surface area (Å²) in [7, 11) is 0. The molecule has 0 aromatic carbocycles. The van der Waals surface area contributed by atoms with Crippen molar-refractivity contribution in [3.05, 3.63) is 41.7 Å². The van der Waals surface area contributed by atoms with Gasteiger partial charge in [-0.2, -0.15) is 5.26 Å². The molecule has 0 amide bonds. The Balaban J connectivity index is 1.69. The monoisotopic (exact) mass is 328 g/mol. The zero-order valence-corrected chi connectivity index (χ0v) is 13.9. The summed E-state index contributed by atoms with van der Waals surface area (Å²) in [6, 6.07) is 8.21. The number of pyridine rings is 1. The van der Waals surface area contributed by atoms with Crippen LogP contribution in [0.25, 0.3) is 5.52 Å². The number of ether oxygens (including phenoxy) is 1. The van der Waals surface area contributed by atoms with Crippen LogP contribution in [0.15, 0.2) is 30.6 Å². The van der Waals surface area contributed by atoms with Crippen LogP contribution >= 0.6 is 0 Å². The number of rotatable bonds is 7. The van der Waals surface area contributed by atoms with Gasteiger partial charge in [0.25, 0.3) is 0 Å². The predicted octanol–water partition coefficient (Wildman–Crippen LogP) is 0.937. The highest BCUT2D eigenvalue weighted by molar-refractivity contribution is 5.65. The molecule has 1 aliphatic heterocycles. The fourth-order valence-electron chi connectivity index (χ4n) is 3.19. The standard InChI is InChI=1S/C18H24N4O2/c19-13-17-16(15-22-4-2-1-3-18(17)22)14-21(7-10-23)6-5-20-8-11-24-12-9-20/h1-4,15,23H,5-12,14H2. The maximum Gasteiger partial charge on any atom is 0.102 e. The molecule has 2 aromatic rings. The summed E-state index contributed by atoms with van der Waals surface area (Å²) in [5.74, 6) is 0. The van der Waals surface area contributed by atoms with E-state index in [1.807, 2.05) is 35.0 Å². The Morgan fingerprint density at radius 1 is 1.25 bits per heavy atom. The first-order valence-corrected chi connectivity index (χ1v) is 8.44. The number of morpholine rings is 1. The van der Waals surface area contributed by atoms with Crippen LogP contribution in [0.1, 0.15) is 11.1 Å². The van der Waals surface area contributed by atoms with E-state index in [4.69, 9.17) is 4.74 Å². The number of nitrogens with zero attached hydrogens (tertiary/aromatic N) is 4. The maximum absolute atomic E-state index is 9.53. The lowest BCUT2D eigenvalue weighted by Gasteiger charge is -2.29. The number of hydrogen-bond donors (Lipinski definition) is 1. The molecule has 0 spiro atoms. The summed E-state index contributed by atoms with van der Waals surface area (Å²) in [4.78, 5) is 4.60. The Kier molecular flexibility index (Phi) is 5.83. The van der Waals surface area contributed by atoms with E-state index in [1.54, 1.807) is 0 Å². The summed E-state index contributed by atoms with van der Waals surface area (Å²) < 4.78 is 7.37. The second-order valence-corrected chi connectivity index (χ2v) is 6.09. The third-order valence-electron chi connectivity index (χ3n) is 4.52. The molecule has 1 aliphatic rings. The molecular formula is C18H24N4O2. The third kappa shape index (κ3) is 3.94. The Bertz CT molecular complexity index is 701. The van der Waals surface area contributed by atoms with Gasteiger partial charge < -0.3 is 14.2 Å². The first-order chi connectivity index (χ1) is 11.8. The van der Waals surface area contributed by atoms with Crippen molar-refractivity contribution in [3.8, 4) is 6.07 Å². The van der Waals surface area contributed by atoms with Crippen LogP contribution in [0.5, 0.6) is 0 Å². The van der Waals surface area contributed by atoms with Crippen molar-refractivity contribution >= 4 is 5.52 Å². The van der Waals surface area contributed by atoms with Crippen molar-refractivity contribution in [1.29, 1.82) is 5.26 Å². The molecule has 6 heteroatoms. The fraction of sp³-hybridized carbons (Fsp3) is 0.500. The molecule has 0 unspecified atom stereocenters. The van der Waals surface area contributed by atoms with Gasteiger partial charge in [0.05, 0.1) is 30.9 Å². The summed E-state index contributed by atoms with van der Waals surface area (Å²) in [5, 5.41) is 18.9. The summed E-state index contributed by atoms with van der Waals surface area (Å²) >= 11 is 0. The third-order valence-corrected chi connectivity index (χ3v) is 4.52. The van der Waals surface area contributed by atoms with Crippen molar-refractivity contribution in [2.75, 3.05) is 52.5 Å². The minimum absolute atomic E-state index is 0.123. The lowest BCUT2D eigenvalue weighted by molar-refractivity contribution is 0.0320. The van der Waals surface area contributed by atoms with Gasteiger partial charge in [-0.05, 0) is 12.1 Å². The quantitative estimate of drug-likeness (QED) is 0.819. The van der Waals surface area contributed by atoms with Crippen LogP contribution in [0.2, 0.25) is 0 Å². The molecule has 0 bridgehead atoms. The molecule has 1 N–H and O–H groups in total. The van der Waals surface area contributed by atoms with E-state index in [0.717, 1.165) is 56.0 Å². The van der Waals surface area contributed by atoms with Gasteiger partial charge in [-0.3, -0.25) is 9.80 Å². The van der Waals surface area contributed by atoms with Crippen LogP contribution in [0.4, 0.5) is 0 Å². The van der Waals surface area contributed by atoms with Crippen LogP contribution in [0.3, 0.4) is 0 Å². The Morgan fingerprint density at radius 2 is 2.08 bits per heavy atom. The van der Waals surface area contributed by atoms with E-state index in [9.17, 15) is 10.4 Å². The molecular weight excluding hydrogens is 304 g/mol. The Morgan fingerprint density at radius 3 is 2.83 bits per heavy atom. The van der Waals surface area contributed by atoms with E-state index >= 15 is 0 Å². The molecule has 3 heterocycles. The average Bonchev–Trinajstić information content (AvgIpc) is 2.97. The van der Waals surface area contributed by atoms with Gasteiger partial charge in [-0.15, -0.1) is 0 Å². The first-order valence-electron chi connectivity index (χ1n) is 8.44. The molecule has 0 radical (unpaired) electrons. The molecule has 1 fully saturated rings. The first kappa shape index (κ1) is 16.9. The zero-order chi connectivity index (χ0) is 16.8. The van der Waals surface area contributed by atoms with Gasteiger partial charge in [0.1, 0.15) is 6.07 Å². The SMILES string of the molecule is N#Cc1c(CN(CCO)CCN2CCOCC2)cn2ccccc12. The highest BCUT2D eigenvalue weighted by Crippen LogP contribution is 2.19. The number of aromatic nitrogens is 1. The van der Waals surface area contributed by atoms with E-state index in [-0.39, 0.29) is 6.61 Å². The molecule has 24 heavy (non-hydrogen) atoms. The Hall–Kier alpha value is -1.91. The summed E-state index contributed by atoms with van der Waals surface area (Å²) in [6.07, 6.45) is 3.98. The minimum atomic E-state index is 0.123. The van der Waals surface area contributed by atoms with Gasteiger partial charge >= 0.3 is 0 Å². The molecule has 6 nitrogen and oxygen atoms in total. The molecule has 128 valence electrons. The van der Waals surface area contributed by atoms with Crippen molar-refractivity contribution in [2.45, 2.75) is 6.54 Å². The number of aliphatic hydroxyl groups is 1. The van der Waals surface area contributed by atoms with E-state index in [2.05, 4.69) is 15.9 Å². The molecule has 0 aliphatic carbocycles. The molecule has 1 saturated heterocycles. The van der Waals surface area contributed by atoms with Crippen molar-refractivity contribution in [3.63, 3.8) is 0 Å². The lowest BCUT2D eigenvalue weighted by atomic mass is 10.1. The molecule has 0 atom stereocenters. The number of nitriles is 1. The maximum atomic E-state index is 9.53. The molecule has 2 aromatic heterocycles. The molecule has 0 saturated carbocycles. The Labute approximate surface area is 142 Å². The second-order valence-electron chi connectivity index (χ2n) is 6.09. The lowest BCUT2D eigenvalue weighted by Crippen LogP contribution is -2.41. The predicted molar refractivity (Wildman–Crippen MR) is 91.7 cm³/mol. The highest BCUT2D eigenvalue weighted by atomic mass is 16.5. The van der Waals surface area contributed by atoms with Crippen molar-refractivity contribution in [1.82, 2.24) is 14.2 Å². The van der Waals surface area contributed by atoms with E-state index in [0.29, 0.717) is 13.1 Å². The second kappa shape index (κ2) is 8.27. The largest absolute Gasteiger partial charge is 0.395 e. The number of hydrogen-bond acceptors (Lipinski definition) is 5. The van der Waals surface area contributed by atoms with Gasteiger partial charge in [0.2, 0.25) is 0 Å². The van der Waals surface area contributed by atoms with E-state index in [1.165, 1.54) is 0 Å². The minimum Gasteiger partial charge on any atom is -0.395 e. The smallest absolute Gasteiger partial charge is 0.102 e. The highest BCUT2D eigenvalue weighted by Gasteiger charge is 2.16.